The molecule has 0 amide bonds. The van der Waals surface area contributed by atoms with Gasteiger partial charge in [0.15, 0.2) is 0 Å². The molecule has 3 nitrogen and oxygen atoms in total. The number of carbonyl (C=O) groups excluding carboxylic acids is 1. The highest BCUT2D eigenvalue weighted by Crippen LogP contribution is 2.34. The lowest BCUT2D eigenvalue weighted by Crippen LogP contribution is -2.01. The summed E-state index contributed by atoms with van der Waals surface area (Å²) >= 11 is 0. The van der Waals surface area contributed by atoms with Gasteiger partial charge in [-0.15, -0.1) is 0 Å². The molecule has 0 aliphatic carbocycles. The van der Waals surface area contributed by atoms with Gasteiger partial charge in [-0.05, 0) is 30.0 Å². The van der Waals surface area contributed by atoms with E-state index in [4.69, 9.17) is 9.47 Å². The summed E-state index contributed by atoms with van der Waals surface area (Å²) in [6, 6.07) is 3.97. The lowest BCUT2D eigenvalue weighted by Gasteiger charge is -2.17. The zero-order chi connectivity index (χ0) is 12.8. The van der Waals surface area contributed by atoms with Crippen LogP contribution in [0.5, 0.6) is 11.5 Å². The normalized spacial score (nSPS) is 12.0. The summed E-state index contributed by atoms with van der Waals surface area (Å²) in [6.45, 7) is 4.09. The second kappa shape index (κ2) is 6.28. The molecule has 1 rings (SSSR count). The maximum absolute atomic E-state index is 10.6. The fourth-order valence-corrected chi connectivity index (χ4v) is 1.92. The van der Waals surface area contributed by atoms with E-state index in [1.54, 1.807) is 14.2 Å². The molecule has 1 unspecified atom stereocenters. The van der Waals surface area contributed by atoms with Crippen LogP contribution in [0.25, 0.3) is 0 Å². The van der Waals surface area contributed by atoms with E-state index >= 15 is 0 Å². The number of ether oxygens (including phenoxy) is 2. The van der Waals surface area contributed by atoms with E-state index < -0.39 is 0 Å². The topological polar surface area (TPSA) is 35.5 Å². The zero-order valence-corrected chi connectivity index (χ0v) is 10.9. The Morgan fingerprint density at radius 3 is 2.35 bits per heavy atom. The number of methoxy groups -OCH3 is 2. The monoisotopic (exact) mass is 236 g/mol. The molecule has 0 aliphatic rings. The van der Waals surface area contributed by atoms with Gasteiger partial charge in [0.05, 0.1) is 14.2 Å². The second-order valence-corrected chi connectivity index (χ2v) is 4.06. The van der Waals surface area contributed by atoms with Gasteiger partial charge in [-0.2, -0.15) is 0 Å². The van der Waals surface area contributed by atoms with Crippen LogP contribution in [-0.4, -0.2) is 20.5 Å². The second-order valence-electron chi connectivity index (χ2n) is 4.06. The van der Waals surface area contributed by atoms with E-state index in [0.29, 0.717) is 6.42 Å². The van der Waals surface area contributed by atoms with Gasteiger partial charge in [-0.1, -0.05) is 13.8 Å². The van der Waals surface area contributed by atoms with Crippen LogP contribution in [0.3, 0.4) is 0 Å². The summed E-state index contributed by atoms with van der Waals surface area (Å²) in [7, 11) is 3.31. The molecular weight excluding hydrogens is 216 g/mol. The number of carbonyl (C=O) groups is 1. The molecule has 17 heavy (non-hydrogen) atoms. The van der Waals surface area contributed by atoms with E-state index in [2.05, 4.69) is 6.92 Å². The summed E-state index contributed by atoms with van der Waals surface area (Å²) in [5.41, 5.74) is 2.14. The van der Waals surface area contributed by atoms with Crippen LogP contribution in [-0.2, 0) is 11.2 Å². The highest BCUT2D eigenvalue weighted by atomic mass is 16.5. The number of aldehydes is 1. The van der Waals surface area contributed by atoms with Gasteiger partial charge >= 0.3 is 0 Å². The summed E-state index contributed by atoms with van der Waals surface area (Å²) in [4.78, 5) is 10.6. The molecule has 1 atom stereocenters. The molecule has 0 bridgehead atoms. The third-order valence-electron chi connectivity index (χ3n) is 2.99. The minimum absolute atomic E-state index is 0.141. The van der Waals surface area contributed by atoms with Crippen LogP contribution in [0, 0.1) is 0 Å². The maximum atomic E-state index is 10.6. The fourth-order valence-electron chi connectivity index (χ4n) is 1.92. The molecule has 0 aliphatic heterocycles. The number of hydrogen-bond donors (Lipinski definition) is 0. The Hall–Kier alpha value is -1.51. The molecular formula is C14H20O3. The third-order valence-corrected chi connectivity index (χ3v) is 2.99. The van der Waals surface area contributed by atoms with Crippen molar-refractivity contribution in [3.05, 3.63) is 23.3 Å². The average Bonchev–Trinajstić information content (AvgIpc) is 2.37. The van der Waals surface area contributed by atoms with Crippen molar-refractivity contribution in [2.45, 2.75) is 32.6 Å². The molecule has 1 aromatic rings. The van der Waals surface area contributed by atoms with Crippen LogP contribution in [0.15, 0.2) is 12.1 Å². The van der Waals surface area contributed by atoms with E-state index in [1.807, 2.05) is 19.1 Å². The fraction of sp³-hybridized carbons (Fsp3) is 0.500. The Balaban J connectivity index is 3.22. The Kier molecular flexibility index (Phi) is 5.01. The van der Waals surface area contributed by atoms with Gasteiger partial charge in [-0.3, -0.25) is 0 Å². The molecule has 0 saturated heterocycles. The van der Waals surface area contributed by atoms with Gasteiger partial charge in [0.2, 0.25) is 0 Å². The molecule has 3 heteroatoms. The van der Waals surface area contributed by atoms with Gasteiger partial charge in [0.1, 0.15) is 17.8 Å². The average molecular weight is 236 g/mol. The number of aryl methyl sites for hydroxylation is 1. The first-order valence-corrected chi connectivity index (χ1v) is 5.86. The lowest BCUT2D eigenvalue weighted by molar-refractivity contribution is -0.108. The Morgan fingerprint density at radius 2 is 1.88 bits per heavy atom. The van der Waals surface area contributed by atoms with Gasteiger partial charge in [0, 0.05) is 12.0 Å². The minimum atomic E-state index is 0.141. The molecule has 0 heterocycles. The Morgan fingerprint density at radius 1 is 1.24 bits per heavy atom. The summed E-state index contributed by atoms with van der Waals surface area (Å²) in [5, 5.41) is 0. The third kappa shape index (κ3) is 2.99. The van der Waals surface area contributed by atoms with Crippen LogP contribution >= 0.6 is 0 Å². The van der Waals surface area contributed by atoms with Gasteiger partial charge < -0.3 is 14.3 Å². The standard InChI is InChI=1S/C14H20O3/c1-5-11-8-14(17-4)12(9-13(11)16-3)10(2)6-7-15/h7-10H,5-6H2,1-4H3. The predicted molar refractivity (Wildman–Crippen MR) is 68.0 cm³/mol. The van der Waals surface area contributed by atoms with Crippen LogP contribution in [0.4, 0.5) is 0 Å². The largest absolute Gasteiger partial charge is 0.496 e. The SMILES string of the molecule is CCc1cc(OC)c(C(C)CC=O)cc1OC. The van der Waals surface area contributed by atoms with Gasteiger partial charge in [-0.25, -0.2) is 0 Å². The zero-order valence-electron chi connectivity index (χ0n) is 10.9. The van der Waals surface area contributed by atoms with Crippen molar-refractivity contribution >= 4 is 6.29 Å². The highest BCUT2D eigenvalue weighted by molar-refractivity contribution is 5.54. The number of hydrogen-bond acceptors (Lipinski definition) is 3. The van der Waals surface area contributed by atoms with E-state index in [1.165, 1.54) is 0 Å². The molecule has 1 aromatic carbocycles. The Bertz CT molecular complexity index is 385. The molecule has 0 fully saturated rings. The first kappa shape index (κ1) is 13.6. The molecule has 0 spiro atoms. The smallest absolute Gasteiger partial charge is 0.122 e. The van der Waals surface area contributed by atoms with Crippen molar-refractivity contribution in [1.82, 2.24) is 0 Å². The van der Waals surface area contributed by atoms with Crippen LogP contribution < -0.4 is 9.47 Å². The van der Waals surface area contributed by atoms with Crippen LogP contribution in [0.1, 0.15) is 37.3 Å². The maximum Gasteiger partial charge on any atom is 0.122 e. The van der Waals surface area contributed by atoms with E-state index in [0.717, 1.165) is 35.3 Å². The van der Waals surface area contributed by atoms with Gasteiger partial charge in [0.25, 0.3) is 0 Å². The van der Waals surface area contributed by atoms with Crippen LogP contribution in [0.2, 0.25) is 0 Å². The summed E-state index contributed by atoms with van der Waals surface area (Å²) < 4.78 is 10.7. The first-order valence-electron chi connectivity index (χ1n) is 5.86. The summed E-state index contributed by atoms with van der Waals surface area (Å²) in [6.07, 6.45) is 2.32. The molecule has 0 aromatic heterocycles. The van der Waals surface area contributed by atoms with E-state index in [-0.39, 0.29) is 5.92 Å². The minimum Gasteiger partial charge on any atom is -0.496 e. The van der Waals surface area contributed by atoms with Crippen molar-refractivity contribution in [2.75, 3.05) is 14.2 Å². The first-order chi connectivity index (χ1) is 8.17. The predicted octanol–water partition coefficient (Wildman–Crippen LogP) is 2.96. The van der Waals surface area contributed by atoms with Crippen molar-refractivity contribution in [3.63, 3.8) is 0 Å². The van der Waals surface area contributed by atoms with Crippen molar-refractivity contribution in [3.8, 4) is 11.5 Å². The number of benzene rings is 1. The summed E-state index contributed by atoms with van der Waals surface area (Å²) in [5.74, 6) is 1.83. The van der Waals surface area contributed by atoms with E-state index in [9.17, 15) is 4.79 Å². The van der Waals surface area contributed by atoms with Crippen molar-refractivity contribution in [2.24, 2.45) is 0 Å². The quantitative estimate of drug-likeness (QED) is 0.712. The molecule has 0 radical (unpaired) electrons. The molecule has 0 saturated carbocycles. The molecule has 94 valence electrons. The number of rotatable bonds is 6. The lowest BCUT2D eigenvalue weighted by atomic mass is 9.95. The van der Waals surface area contributed by atoms with Crippen molar-refractivity contribution in [1.29, 1.82) is 0 Å². The highest BCUT2D eigenvalue weighted by Gasteiger charge is 2.15. The molecule has 0 N–H and O–H groups in total. The Labute approximate surface area is 103 Å². The van der Waals surface area contributed by atoms with Crippen molar-refractivity contribution < 1.29 is 14.3 Å².